The highest BCUT2D eigenvalue weighted by Gasteiger charge is 2.25. The topological polar surface area (TPSA) is 102 Å². The first-order valence-corrected chi connectivity index (χ1v) is 7.87. The predicted octanol–water partition coefficient (Wildman–Crippen LogP) is 0.496. The molecule has 7 heteroatoms. The van der Waals surface area contributed by atoms with Crippen LogP contribution in [-0.2, 0) is 14.6 Å². The van der Waals surface area contributed by atoms with Crippen molar-refractivity contribution in [1.82, 2.24) is 10.3 Å². The van der Waals surface area contributed by atoms with E-state index in [1.165, 1.54) is 12.3 Å². The van der Waals surface area contributed by atoms with Crippen molar-refractivity contribution < 1.29 is 13.2 Å². The number of hydrogen-bond donors (Lipinski definition) is 2. The molecule has 0 aliphatic heterocycles. The zero-order chi connectivity index (χ0) is 13.9. The number of hydrogen-bond acceptors (Lipinski definition) is 5. The smallest absolute Gasteiger partial charge is 0.235 e. The Balaban J connectivity index is 2.05. The highest BCUT2D eigenvalue weighted by Crippen LogP contribution is 2.18. The molecular formula is C12H17N3O3S. The van der Waals surface area contributed by atoms with Gasteiger partial charge in [-0.3, -0.25) is 4.79 Å². The van der Waals surface area contributed by atoms with E-state index in [4.69, 9.17) is 5.73 Å². The number of pyridine rings is 1. The quantitative estimate of drug-likeness (QED) is 0.837. The standard InChI is InChI=1S/C12H17N3O3S/c13-10-6-3-7-14-12(10)19(17,18)8-11(16)15-9-4-1-2-5-9/h3,6-7,9H,1-2,4-5,8,13H2,(H,15,16). The van der Waals surface area contributed by atoms with Gasteiger partial charge in [-0.15, -0.1) is 0 Å². The fourth-order valence-corrected chi connectivity index (χ4v) is 3.46. The summed E-state index contributed by atoms with van der Waals surface area (Å²) in [6.07, 6.45) is 5.32. The highest BCUT2D eigenvalue weighted by molar-refractivity contribution is 7.92. The van der Waals surface area contributed by atoms with E-state index in [2.05, 4.69) is 10.3 Å². The zero-order valence-electron chi connectivity index (χ0n) is 10.5. The second-order valence-electron chi connectivity index (χ2n) is 4.71. The van der Waals surface area contributed by atoms with Crippen LogP contribution in [0, 0.1) is 0 Å². The lowest BCUT2D eigenvalue weighted by Gasteiger charge is -2.12. The summed E-state index contributed by atoms with van der Waals surface area (Å²) in [6, 6.07) is 3.10. The number of aromatic nitrogens is 1. The first kappa shape index (κ1) is 13.8. The van der Waals surface area contributed by atoms with Gasteiger partial charge in [0, 0.05) is 12.2 Å². The lowest BCUT2D eigenvalue weighted by molar-refractivity contribution is -0.119. The molecule has 1 aliphatic carbocycles. The van der Waals surface area contributed by atoms with Gasteiger partial charge >= 0.3 is 0 Å². The molecule has 1 aromatic heterocycles. The molecule has 1 aromatic rings. The van der Waals surface area contributed by atoms with E-state index in [-0.39, 0.29) is 16.8 Å². The minimum atomic E-state index is -3.78. The molecule has 1 amide bonds. The van der Waals surface area contributed by atoms with E-state index in [1.54, 1.807) is 6.07 Å². The van der Waals surface area contributed by atoms with E-state index < -0.39 is 21.5 Å². The van der Waals surface area contributed by atoms with Gasteiger partial charge in [0.15, 0.2) is 5.03 Å². The van der Waals surface area contributed by atoms with Crippen LogP contribution in [0.3, 0.4) is 0 Å². The van der Waals surface area contributed by atoms with Crippen LogP contribution in [0.25, 0.3) is 0 Å². The molecule has 6 nitrogen and oxygen atoms in total. The van der Waals surface area contributed by atoms with Crippen molar-refractivity contribution in [3.05, 3.63) is 18.3 Å². The zero-order valence-corrected chi connectivity index (χ0v) is 11.3. The monoisotopic (exact) mass is 283 g/mol. The summed E-state index contributed by atoms with van der Waals surface area (Å²) < 4.78 is 24.1. The van der Waals surface area contributed by atoms with Crippen molar-refractivity contribution in [3.63, 3.8) is 0 Å². The Morgan fingerprint density at radius 2 is 2.11 bits per heavy atom. The minimum absolute atomic E-state index is 0.0659. The van der Waals surface area contributed by atoms with E-state index in [0.29, 0.717) is 0 Å². The molecule has 104 valence electrons. The van der Waals surface area contributed by atoms with E-state index in [1.807, 2.05) is 0 Å². The Morgan fingerprint density at radius 1 is 1.42 bits per heavy atom. The summed E-state index contributed by atoms with van der Waals surface area (Å²) in [4.78, 5) is 15.5. The van der Waals surface area contributed by atoms with Crippen LogP contribution >= 0.6 is 0 Å². The van der Waals surface area contributed by atoms with Crippen LogP contribution < -0.4 is 11.1 Å². The summed E-state index contributed by atoms with van der Waals surface area (Å²) in [7, 11) is -3.78. The molecule has 0 unspecified atom stereocenters. The first-order valence-electron chi connectivity index (χ1n) is 6.21. The van der Waals surface area contributed by atoms with E-state index in [9.17, 15) is 13.2 Å². The van der Waals surface area contributed by atoms with Crippen LogP contribution in [0.4, 0.5) is 5.69 Å². The number of carbonyl (C=O) groups excluding carboxylic acids is 1. The number of sulfone groups is 1. The van der Waals surface area contributed by atoms with Crippen LogP contribution in [0.1, 0.15) is 25.7 Å². The number of nitrogens with one attached hydrogen (secondary N) is 1. The SMILES string of the molecule is Nc1cccnc1S(=O)(=O)CC(=O)NC1CCCC1. The summed E-state index contributed by atoms with van der Waals surface area (Å²) >= 11 is 0. The van der Waals surface area contributed by atoms with Gasteiger partial charge in [0.05, 0.1) is 5.69 Å². The van der Waals surface area contributed by atoms with Gasteiger partial charge in [-0.25, -0.2) is 13.4 Å². The fraction of sp³-hybridized carbons (Fsp3) is 0.500. The number of carbonyl (C=O) groups is 1. The Labute approximate surface area is 112 Å². The van der Waals surface area contributed by atoms with E-state index in [0.717, 1.165) is 25.7 Å². The Morgan fingerprint density at radius 3 is 2.74 bits per heavy atom. The Kier molecular flexibility index (Phi) is 4.04. The minimum Gasteiger partial charge on any atom is -0.396 e. The maximum Gasteiger partial charge on any atom is 0.235 e. The average Bonchev–Trinajstić information content (AvgIpc) is 2.81. The highest BCUT2D eigenvalue weighted by atomic mass is 32.2. The van der Waals surface area contributed by atoms with Crippen LogP contribution in [0.15, 0.2) is 23.4 Å². The molecule has 1 aliphatic rings. The molecule has 0 spiro atoms. The third-order valence-corrected chi connectivity index (χ3v) is 4.71. The molecule has 1 heterocycles. The number of amides is 1. The second kappa shape index (κ2) is 5.56. The number of nitrogen functional groups attached to an aromatic ring is 1. The number of nitrogens with zero attached hydrogens (tertiary/aromatic N) is 1. The van der Waals surface area contributed by atoms with Gasteiger partial charge in [0.2, 0.25) is 15.7 Å². The maximum absolute atomic E-state index is 12.0. The molecule has 2 rings (SSSR count). The van der Waals surface area contributed by atoms with Gasteiger partial charge in [0.1, 0.15) is 5.75 Å². The fourth-order valence-electron chi connectivity index (χ4n) is 2.24. The third-order valence-electron chi connectivity index (χ3n) is 3.14. The third kappa shape index (κ3) is 3.44. The summed E-state index contributed by atoms with van der Waals surface area (Å²) in [5, 5.41) is 2.51. The molecule has 0 atom stereocenters. The van der Waals surface area contributed by atoms with Gasteiger partial charge < -0.3 is 11.1 Å². The largest absolute Gasteiger partial charge is 0.396 e. The van der Waals surface area contributed by atoms with Crippen molar-refractivity contribution in [2.45, 2.75) is 36.8 Å². The lowest BCUT2D eigenvalue weighted by Crippen LogP contribution is -2.37. The Hall–Kier alpha value is -1.63. The van der Waals surface area contributed by atoms with Crippen molar-refractivity contribution in [2.24, 2.45) is 0 Å². The summed E-state index contributed by atoms with van der Waals surface area (Å²) in [5.41, 5.74) is 5.64. The Bertz CT molecular complexity index is 565. The van der Waals surface area contributed by atoms with Crippen molar-refractivity contribution in [2.75, 3.05) is 11.5 Å². The van der Waals surface area contributed by atoms with Crippen LogP contribution in [0.5, 0.6) is 0 Å². The van der Waals surface area contributed by atoms with E-state index >= 15 is 0 Å². The molecule has 0 aromatic carbocycles. The van der Waals surface area contributed by atoms with Crippen molar-refractivity contribution in [3.8, 4) is 0 Å². The van der Waals surface area contributed by atoms with Gasteiger partial charge in [-0.2, -0.15) is 0 Å². The maximum atomic E-state index is 12.0. The molecule has 3 N–H and O–H groups in total. The predicted molar refractivity (Wildman–Crippen MR) is 71.1 cm³/mol. The van der Waals surface area contributed by atoms with Gasteiger partial charge in [-0.05, 0) is 25.0 Å². The summed E-state index contributed by atoms with van der Waals surface area (Å²) in [5.74, 6) is -1.10. The molecular weight excluding hydrogens is 266 g/mol. The molecule has 19 heavy (non-hydrogen) atoms. The normalized spacial score (nSPS) is 16.4. The number of nitrogens with two attached hydrogens (primary N) is 1. The van der Waals surface area contributed by atoms with Gasteiger partial charge in [0.25, 0.3) is 0 Å². The summed E-state index contributed by atoms with van der Waals surface area (Å²) in [6.45, 7) is 0. The molecule has 1 fully saturated rings. The molecule has 0 bridgehead atoms. The van der Waals surface area contributed by atoms with Crippen LogP contribution in [-0.4, -0.2) is 31.1 Å². The molecule has 0 radical (unpaired) electrons. The van der Waals surface area contributed by atoms with Crippen molar-refractivity contribution >= 4 is 21.4 Å². The van der Waals surface area contributed by atoms with Crippen molar-refractivity contribution in [1.29, 1.82) is 0 Å². The number of rotatable bonds is 4. The molecule has 1 saturated carbocycles. The van der Waals surface area contributed by atoms with Crippen LogP contribution in [0.2, 0.25) is 0 Å². The lowest BCUT2D eigenvalue weighted by atomic mass is 10.2. The second-order valence-corrected chi connectivity index (χ2v) is 6.61. The average molecular weight is 283 g/mol. The van der Waals surface area contributed by atoms with Gasteiger partial charge in [-0.1, -0.05) is 12.8 Å². The molecule has 0 saturated heterocycles. The first-order chi connectivity index (χ1) is 8.99. The number of anilines is 1.